The van der Waals surface area contributed by atoms with Crippen molar-refractivity contribution in [2.75, 3.05) is 17.6 Å². The van der Waals surface area contributed by atoms with Crippen molar-refractivity contribution in [3.63, 3.8) is 0 Å². The van der Waals surface area contributed by atoms with Gasteiger partial charge in [-0.3, -0.25) is 4.98 Å². The molecule has 0 radical (unpaired) electrons. The number of pyridine rings is 1. The Morgan fingerprint density at radius 3 is 2.83 bits per heavy atom. The van der Waals surface area contributed by atoms with Gasteiger partial charge in [-0.2, -0.15) is 0 Å². The van der Waals surface area contributed by atoms with Crippen LogP contribution < -0.4 is 15.8 Å². The number of benzene rings is 2. The molecule has 1 fully saturated rings. The van der Waals surface area contributed by atoms with Crippen molar-refractivity contribution >= 4 is 43.3 Å². The zero-order chi connectivity index (χ0) is 19.6. The number of nitrogens with two attached hydrogens (primary N) is 1. The summed E-state index contributed by atoms with van der Waals surface area (Å²) in [6.07, 6.45) is 8.53. The molecule has 0 saturated heterocycles. The number of nitrogen functional groups attached to an aromatic ring is 1. The first kappa shape index (κ1) is 18.2. The molecular formula is C23H24N4OS. The second kappa shape index (κ2) is 7.87. The molecule has 0 aliphatic heterocycles. The predicted octanol–water partition coefficient (Wildman–Crippen LogP) is 6.21. The Morgan fingerprint density at radius 2 is 1.93 bits per heavy atom. The van der Waals surface area contributed by atoms with Gasteiger partial charge in [-0.05, 0) is 55.2 Å². The molecule has 0 spiro atoms. The number of anilines is 2. The third-order valence-electron chi connectivity index (χ3n) is 5.58. The summed E-state index contributed by atoms with van der Waals surface area (Å²) in [7, 11) is 0. The van der Waals surface area contributed by atoms with E-state index in [4.69, 9.17) is 15.5 Å². The number of ether oxygens (including phenoxy) is 1. The standard InChI is InChI=1S/C23H24N4OS/c24-16-6-8-18-20(12-16)25-11-10-21(18)28-17-7-9-19-22(13-17)29-23(27-19)26-14-15-4-2-1-3-5-15/h6-13,15H,1-5,14,24H2,(H,26,27). The Kier molecular flexibility index (Phi) is 4.94. The van der Waals surface area contributed by atoms with Crippen LogP contribution >= 0.6 is 11.3 Å². The minimum atomic E-state index is 0.696. The summed E-state index contributed by atoms with van der Waals surface area (Å²) >= 11 is 1.69. The average molecular weight is 405 g/mol. The van der Waals surface area contributed by atoms with E-state index in [0.717, 1.165) is 50.2 Å². The van der Waals surface area contributed by atoms with E-state index < -0.39 is 0 Å². The Labute approximate surface area is 173 Å². The highest BCUT2D eigenvalue weighted by Crippen LogP contribution is 2.34. The van der Waals surface area contributed by atoms with E-state index in [1.807, 2.05) is 36.4 Å². The van der Waals surface area contributed by atoms with E-state index in [2.05, 4.69) is 16.4 Å². The number of nitrogens with zero attached hydrogens (tertiary/aromatic N) is 2. The van der Waals surface area contributed by atoms with Gasteiger partial charge in [-0.15, -0.1) is 0 Å². The van der Waals surface area contributed by atoms with Crippen LogP contribution in [-0.2, 0) is 0 Å². The van der Waals surface area contributed by atoms with Crippen LogP contribution in [0.2, 0.25) is 0 Å². The molecule has 4 aromatic rings. The van der Waals surface area contributed by atoms with Gasteiger partial charge >= 0.3 is 0 Å². The molecule has 29 heavy (non-hydrogen) atoms. The second-order valence-corrected chi connectivity index (χ2v) is 8.75. The fourth-order valence-corrected chi connectivity index (χ4v) is 4.92. The molecule has 148 valence electrons. The summed E-state index contributed by atoms with van der Waals surface area (Å²) in [5, 5.41) is 5.49. The van der Waals surface area contributed by atoms with Gasteiger partial charge < -0.3 is 15.8 Å². The maximum Gasteiger partial charge on any atom is 0.183 e. The monoisotopic (exact) mass is 404 g/mol. The third kappa shape index (κ3) is 3.98. The molecule has 2 aromatic heterocycles. The molecule has 6 heteroatoms. The highest BCUT2D eigenvalue weighted by molar-refractivity contribution is 7.22. The van der Waals surface area contributed by atoms with Crippen LogP contribution in [0, 0.1) is 5.92 Å². The quantitative estimate of drug-likeness (QED) is 0.387. The number of hydrogen-bond acceptors (Lipinski definition) is 6. The van der Waals surface area contributed by atoms with Crippen molar-refractivity contribution in [2.24, 2.45) is 5.92 Å². The predicted molar refractivity (Wildman–Crippen MR) is 121 cm³/mol. The van der Waals surface area contributed by atoms with E-state index in [-0.39, 0.29) is 0 Å². The summed E-state index contributed by atoms with van der Waals surface area (Å²) in [6.45, 7) is 1.02. The summed E-state index contributed by atoms with van der Waals surface area (Å²) in [4.78, 5) is 9.11. The van der Waals surface area contributed by atoms with Crippen LogP contribution in [0.25, 0.3) is 21.1 Å². The van der Waals surface area contributed by atoms with Crippen molar-refractivity contribution in [3.8, 4) is 11.5 Å². The van der Waals surface area contributed by atoms with Crippen LogP contribution in [0.15, 0.2) is 48.7 Å². The lowest BCUT2D eigenvalue weighted by Gasteiger charge is -2.21. The largest absolute Gasteiger partial charge is 0.457 e. The molecular weight excluding hydrogens is 380 g/mol. The molecule has 0 atom stereocenters. The maximum absolute atomic E-state index is 6.18. The highest BCUT2D eigenvalue weighted by atomic mass is 32.1. The maximum atomic E-state index is 6.18. The van der Waals surface area contributed by atoms with Crippen LogP contribution in [0.1, 0.15) is 32.1 Å². The molecule has 5 nitrogen and oxygen atoms in total. The Hall–Kier alpha value is -2.86. The summed E-state index contributed by atoms with van der Waals surface area (Å²) in [5.41, 5.74) is 8.40. The highest BCUT2D eigenvalue weighted by Gasteiger charge is 2.14. The van der Waals surface area contributed by atoms with Crippen LogP contribution in [-0.4, -0.2) is 16.5 Å². The lowest BCUT2D eigenvalue weighted by Crippen LogP contribution is -2.16. The zero-order valence-corrected chi connectivity index (χ0v) is 17.0. The van der Waals surface area contributed by atoms with Crippen molar-refractivity contribution in [2.45, 2.75) is 32.1 Å². The summed E-state index contributed by atoms with van der Waals surface area (Å²) < 4.78 is 7.30. The minimum Gasteiger partial charge on any atom is -0.457 e. The first-order valence-electron chi connectivity index (χ1n) is 10.2. The fourth-order valence-electron chi connectivity index (χ4n) is 4.02. The van der Waals surface area contributed by atoms with Gasteiger partial charge in [-0.1, -0.05) is 30.6 Å². The van der Waals surface area contributed by atoms with Gasteiger partial charge in [-0.25, -0.2) is 4.98 Å². The Bertz CT molecular complexity index is 1150. The zero-order valence-electron chi connectivity index (χ0n) is 16.2. The number of rotatable bonds is 5. The van der Waals surface area contributed by atoms with Crippen LogP contribution in [0.3, 0.4) is 0 Å². The SMILES string of the molecule is Nc1ccc2c(Oc3ccc4nc(NCC5CCCCC5)sc4c3)ccnc2c1. The number of thiazole rings is 1. The normalized spacial score (nSPS) is 15.0. The molecule has 2 heterocycles. The number of aromatic nitrogens is 2. The summed E-state index contributed by atoms with van der Waals surface area (Å²) in [6, 6.07) is 13.6. The topological polar surface area (TPSA) is 73.1 Å². The molecule has 1 aliphatic carbocycles. The molecule has 3 N–H and O–H groups in total. The van der Waals surface area contributed by atoms with E-state index in [0.29, 0.717) is 5.69 Å². The first-order valence-corrected chi connectivity index (χ1v) is 11.0. The smallest absolute Gasteiger partial charge is 0.183 e. The molecule has 0 unspecified atom stereocenters. The van der Waals surface area contributed by atoms with Crippen molar-refractivity contribution in [1.29, 1.82) is 0 Å². The van der Waals surface area contributed by atoms with E-state index in [1.54, 1.807) is 17.5 Å². The molecule has 0 bridgehead atoms. The van der Waals surface area contributed by atoms with Crippen LogP contribution in [0.5, 0.6) is 11.5 Å². The Balaban J connectivity index is 1.35. The van der Waals surface area contributed by atoms with Crippen molar-refractivity contribution < 1.29 is 4.74 Å². The average Bonchev–Trinajstić information content (AvgIpc) is 3.15. The minimum absolute atomic E-state index is 0.696. The molecule has 1 aliphatic rings. The van der Waals surface area contributed by atoms with E-state index >= 15 is 0 Å². The van der Waals surface area contributed by atoms with E-state index in [9.17, 15) is 0 Å². The summed E-state index contributed by atoms with van der Waals surface area (Å²) in [5.74, 6) is 2.35. The number of nitrogens with one attached hydrogen (secondary N) is 1. The number of fused-ring (bicyclic) bond motifs is 2. The lowest BCUT2D eigenvalue weighted by molar-refractivity contribution is 0.373. The fraction of sp³-hybridized carbons (Fsp3) is 0.304. The molecule has 5 rings (SSSR count). The van der Waals surface area contributed by atoms with Crippen LogP contribution in [0.4, 0.5) is 10.8 Å². The van der Waals surface area contributed by atoms with Gasteiger partial charge in [0.15, 0.2) is 5.13 Å². The van der Waals surface area contributed by atoms with E-state index in [1.165, 1.54) is 32.1 Å². The second-order valence-electron chi connectivity index (χ2n) is 7.72. The molecule has 0 amide bonds. The van der Waals surface area contributed by atoms with Crippen molar-refractivity contribution in [1.82, 2.24) is 9.97 Å². The van der Waals surface area contributed by atoms with Gasteiger partial charge in [0, 0.05) is 29.9 Å². The lowest BCUT2D eigenvalue weighted by atomic mass is 9.89. The van der Waals surface area contributed by atoms with Gasteiger partial charge in [0.2, 0.25) is 0 Å². The van der Waals surface area contributed by atoms with Crippen molar-refractivity contribution in [3.05, 3.63) is 48.7 Å². The Morgan fingerprint density at radius 1 is 1.03 bits per heavy atom. The van der Waals surface area contributed by atoms with Gasteiger partial charge in [0.05, 0.1) is 15.7 Å². The van der Waals surface area contributed by atoms with Gasteiger partial charge in [0.25, 0.3) is 0 Å². The molecule has 2 aromatic carbocycles. The molecule has 1 saturated carbocycles. The first-order chi connectivity index (χ1) is 14.2. The third-order valence-corrected chi connectivity index (χ3v) is 6.56. The van der Waals surface area contributed by atoms with Gasteiger partial charge in [0.1, 0.15) is 11.5 Å². The number of hydrogen-bond donors (Lipinski definition) is 2.